The molecule has 0 aromatic heterocycles. The van der Waals surface area contributed by atoms with E-state index in [1.807, 2.05) is 19.9 Å². The molecule has 1 aromatic rings. The summed E-state index contributed by atoms with van der Waals surface area (Å²) in [5.74, 6) is 1.48. The Hall–Kier alpha value is -0.740. The predicted molar refractivity (Wildman–Crippen MR) is 77.0 cm³/mol. The topological polar surface area (TPSA) is 21.3 Å². The molecule has 18 heavy (non-hydrogen) atoms. The van der Waals surface area contributed by atoms with E-state index in [0.29, 0.717) is 17.9 Å². The zero-order chi connectivity index (χ0) is 13.4. The van der Waals surface area contributed by atoms with E-state index in [2.05, 4.69) is 11.6 Å². The Bertz CT molecular complexity index is 360. The fourth-order valence-corrected chi connectivity index (χ4v) is 2.16. The lowest BCUT2D eigenvalue weighted by Gasteiger charge is -2.14. The molecule has 4 heteroatoms. The van der Waals surface area contributed by atoms with Crippen LogP contribution in [0.25, 0.3) is 0 Å². The van der Waals surface area contributed by atoms with Crippen LogP contribution in [0.3, 0.4) is 0 Å². The van der Waals surface area contributed by atoms with Crippen molar-refractivity contribution >= 4 is 11.8 Å². The minimum Gasteiger partial charge on any atom is -0.493 e. The minimum atomic E-state index is -0.203. The average Bonchev–Trinajstić information content (AvgIpc) is 2.35. The van der Waals surface area contributed by atoms with Crippen molar-refractivity contribution in [1.29, 1.82) is 0 Å². The van der Waals surface area contributed by atoms with Gasteiger partial charge in [0, 0.05) is 17.7 Å². The van der Waals surface area contributed by atoms with E-state index in [9.17, 15) is 4.39 Å². The van der Waals surface area contributed by atoms with Crippen LogP contribution in [0, 0.1) is 5.82 Å². The molecule has 2 nitrogen and oxygen atoms in total. The number of hydrogen-bond acceptors (Lipinski definition) is 3. The van der Waals surface area contributed by atoms with Crippen molar-refractivity contribution in [2.24, 2.45) is 0 Å². The number of ether oxygens (including phenoxy) is 1. The van der Waals surface area contributed by atoms with Gasteiger partial charge in [0.15, 0.2) is 0 Å². The molecule has 0 bridgehead atoms. The van der Waals surface area contributed by atoms with Crippen LogP contribution in [-0.2, 0) is 0 Å². The molecular formula is C14H22FNOS. The third kappa shape index (κ3) is 4.86. The normalized spacial score (nSPS) is 12.4. The standard InChI is InChI=1S/C14H22FNOS/c1-4-16-11(2)13-7-6-12(10-14(13)15)17-8-5-9-18-3/h6-7,10-11,16H,4-5,8-9H2,1-3H3. The summed E-state index contributed by atoms with van der Waals surface area (Å²) in [6, 6.07) is 5.14. The summed E-state index contributed by atoms with van der Waals surface area (Å²) in [6.07, 6.45) is 3.05. The molecule has 0 saturated carbocycles. The predicted octanol–water partition coefficient (Wildman–Crippen LogP) is 3.63. The van der Waals surface area contributed by atoms with Gasteiger partial charge in [0.2, 0.25) is 0 Å². The molecule has 1 rings (SSSR count). The Labute approximate surface area is 113 Å². The molecule has 0 spiro atoms. The fourth-order valence-electron chi connectivity index (χ4n) is 1.76. The van der Waals surface area contributed by atoms with Crippen LogP contribution >= 0.6 is 11.8 Å². The first-order valence-electron chi connectivity index (χ1n) is 6.33. The Balaban J connectivity index is 2.56. The molecule has 1 atom stereocenters. The molecule has 0 aliphatic heterocycles. The lowest BCUT2D eigenvalue weighted by Crippen LogP contribution is -2.18. The van der Waals surface area contributed by atoms with Crippen LogP contribution in [0.15, 0.2) is 18.2 Å². The van der Waals surface area contributed by atoms with E-state index in [-0.39, 0.29) is 11.9 Å². The molecule has 0 amide bonds. The van der Waals surface area contributed by atoms with Gasteiger partial charge in [-0.1, -0.05) is 13.0 Å². The summed E-state index contributed by atoms with van der Waals surface area (Å²) in [5.41, 5.74) is 0.688. The van der Waals surface area contributed by atoms with Gasteiger partial charge < -0.3 is 10.1 Å². The van der Waals surface area contributed by atoms with Crippen LogP contribution in [-0.4, -0.2) is 25.2 Å². The van der Waals surface area contributed by atoms with Crippen molar-refractivity contribution < 1.29 is 9.13 Å². The smallest absolute Gasteiger partial charge is 0.131 e. The quantitative estimate of drug-likeness (QED) is 0.730. The molecule has 0 aliphatic rings. The lowest BCUT2D eigenvalue weighted by atomic mass is 10.1. The second-order valence-electron chi connectivity index (χ2n) is 4.16. The highest BCUT2D eigenvalue weighted by Gasteiger charge is 2.10. The maximum Gasteiger partial charge on any atom is 0.131 e. The second kappa shape index (κ2) is 8.38. The third-order valence-electron chi connectivity index (χ3n) is 2.71. The van der Waals surface area contributed by atoms with Gasteiger partial charge in [-0.3, -0.25) is 0 Å². The lowest BCUT2D eigenvalue weighted by molar-refractivity contribution is 0.316. The molecule has 0 fully saturated rings. The number of thioether (sulfide) groups is 1. The van der Waals surface area contributed by atoms with Gasteiger partial charge in [-0.15, -0.1) is 0 Å². The summed E-state index contributed by atoms with van der Waals surface area (Å²) < 4.78 is 19.4. The molecule has 0 aliphatic carbocycles. The van der Waals surface area contributed by atoms with Crippen LogP contribution in [0.1, 0.15) is 31.9 Å². The first-order valence-corrected chi connectivity index (χ1v) is 7.73. The molecule has 1 unspecified atom stereocenters. The van der Waals surface area contributed by atoms with Crippen LogP contribution in [0.4, 0.5) is 4.39 Å². The molecular weight excluding hydrogens is 249 g/mol. The highest BCUT2D eigenvalue weighted by Crippen LogP contribution is 2.22. The number of hydrogen-bond donors (Lipinski definition) is 1. The number of nitrogens with one attached hydrogen (secondary N) is 1. The monoisotopic (exact) mass is 271 g/mol. The van der Waals surface area contributed by atoms with E-state index >= 15 is 0 Å². The molecule has 0 saturated heterocycles. The first-order chi connectivity index (χ1) is 8.69. The van der Waals surface area contributed by atoms with Crippen molar-refractivity contribution in [3.63, 3.8) is 0 Å². The van der Waals surface area contributed by atoms with Crippen LogP contribution in [0.5, 0.6) is 5.75 Å². The summed E-state index contributed by atoms with van der Waals surface area (Å²) in [6.45, 7) is 5.44. The Kier molecular flexibility index (Phi) is 7.13. The minimum absolute atomic E-state index is 0.0283. The van der Waals surface area contributed by atoms with Gasteiger partial charge in [0.1, 0.15) is 11.6 Å². The Morgan fingerprint density at radius 2 is 2.22 bits per heavy atom. The first kappa shape index (κ1) is 15.3. The molecule has 0 radical (unpaired) electrons. The molecule has 102 valence electrons. The zero-order valence-electron chi connectivity index (χ0n) is 11.3. The van der Waals surface area contributed by atoms with Gasteiger partial charge in [0.25, 0.3) is 0 Å². The van der Waals surface area contributed by atoms with Crippen LogP contribution < -0.4 is 10.1 Å². The van der Waals surface area contributed by atoms with Gasteiger partial charge in [-0.05, 0) is 38.0 Å². The van der Waals surface area contributed by atoms with E-state index in [1.54, 1.807) is 17.8 Å². The fraction of sp³-hybridized carbons (Fsp3) is 0.571. The summed E-state index contributed by atoms with van der Waals surface area (Å²) in [7, 11) is 0. The molecule has 0 heterocycles. The van der Waals surface area contributed by atoms with E-state index in [0.717, 1.165) is 18.7 Å². The van der Waals surface area contributed by atoms with Crippen molar-refractivity contribution in [2.75, 3.05) is 25.2 Å². The van der Waals surface area contributed by atoms with E-state index in [1.165, 1.54) is 6.07 Å². The molecule has 1 N–H and O–H groups in total. The average molecular weight is 271 g/mol. The largest absolute Gasteiger partial charge is 0.493 e. The van der Waals surface area contributed by atoms with Crippen molar-refractivity contribution in [2.45, 2.75) is 26.3 Å². The van der Waals surface area contributed by atoms with Gasteiger partial charge in [-0.2, -0.15) is 11.8 Å². The SMILES string of the molecule is CCNC(C)c1ccc(OCCCSC)cc1F. The summed E-state index contributed by atoms with van der Waals surface area (Å²) >= 11 is 1.79. The number of benzene rings is 1. The zero-order valence-corrected chi connectivity index (χ0v) is 12.1. The second-order valence-corrected chi connectivity index (χ2v) is 5.14. The Morgan fingerprint density at radius 3 is 2.83 bits per heavy atom. The highest BCUT2D eigenvalue weighted by atomic mass is 32.2. The molecule has 1 aromatic carbocycles. The van der Waals surface area contributed by atoms with E-state index < -0.39 is 0 Å². The van der Waals surface area contributed by atoms with Crippen molar-refractivity contribution in [1.82, 2.24) is 5.32 Å². The highest BCUT2D eigenvalue weighted by molar-refractivity contribution is 7.98. The Morgan fingerprint density at radius 1 is 1.44 bits per heavy atom. The third-order valence-corrected chi connectivity index (χ3v) is 3.41. The number of halogens is 1. The summed E-state index contributed by atoms with van der Waals surface area (Å²) in [4.78, 5) is 0. The van der Waals surface area contributed by atoms with Crippen LogP contribution in [0.2, 0.25) is 0 Å². The van der Waals surface area contributed by atoms with Gasteiger partial charge in [-0.25, -0.2) is 4.39 Å². The maximum absolute atomic E-state index is 13.9. The van der Waals surface area contributed by atoms with E-state index in [4.69, 9.17) is 4.74 Å². The van der Waals surface area contributed by atoms with Gasteiger partial charge >= 0.3 is 0 Å². The van der Waals surface area contributed by atoms with Crippen molar-refractivity contribution in [3.05, 3.63) is 29.6 Å². The number of rotatable bonds is 8. The summed E-state index contributed by atoms with van der Waals surface area (Å²) in [5, 5.41) is 3.20. The maximum atomic E-state index is 13.9. The van der Waals surface area contributed by atoms with Gasteiger partial charge in [0.05, 0.1) is 6.61 Å². The van der Waals surface area contributed by atoms with Crippen molar-refractivity contribution in [3.8, 4) is 5.75 Å².